The molecule has 31 heavy (non-hydrogen) atoms. The van der Waals surface area contributed by atoms with Crippen molar-refractivity contribution in [1.29, 1.82) is 0 Å². The highest BCUT2D eigenvalue weighted by atomic mass is 32.1. The Morgan fingerprint density at radius 3 is 2.39 bits per heavy atom. The van der Waals surface area contributed by atoms with Crippen LogP contribution in [0.25, 0.3) is 21.3 Å². The minimum absolute atomic E-state index is 0.667. The van der Waals surface area contributed by atoms with Gasteiger partial charge >= 0.3 is 0 Å². The summed E-state index contributed by atoms with van der Waals surface area (Å²) in [6.45, 7) is 10.8. The van der Waals surface area contributed by atoms with Crippen LogP contribution >= 0.6 is 11.3 Å². The lowest BCUT2D eigenvalue weighted by Crippen LogP contribution is -2.27. The van der Waals surface area contributed by atoms with Crippen LogP contribution in [-0.4, -0.2) is 34.6 Å². The number of likely N-dealkylation sites (N-methyl/N-ethyl adjacent to an activating group) is 1. The number of anilines is 1. The number of fused-ring (bicyclic) bond motifs is 1. The minimum atomic E-state index is 0.667. The number of pyridine rings is 1. The molecule has 4 aromatic rings. The number of hydrogen-bond acceptors (Lipinski definition) is 6. The zero-order valence-corrected chi connectivity index (χ0v) is 19.4. The maximum atomic E-state index is 5.63. The number of ether oxygens (including phenoxy) is 1. The van der Waals surface area contributed by atoms with Gasteiger partial charge in [0.2, 0.25) is 0 Å². The molecule has 1 aromatic carbocycles. The van der Waals surface area contributed by atoms with Crippen molar-refractivity contribution in [2.75, 3.05) is 24.6 Å². The SMILES string of the molecule is CCOc1ccc(-c2c(C)sc3nc(C)nc(N(CC)CCc4ccncc4)c23)cc1. The molecule has 0 aliphatic heterocycles. The van der Waals surface area contributed by atoms with Crippen LogP contribution in [0.3, 0.4) is 0 Å². The van der Waals surface area contributed by atoms with Crippen LogP contribution in [0.5, 0.6) is 5.75 Å². The first kappa shape index (κ1) is 21.2. The first-order valence-electron chi connectivity index (χ1n) is 10.8. The molecule has 0 aliphatic carbocycles. The molecule has 0 saturated carbocycles. The van der Waals surface area contributed by atoms with E-state index in [1.165, 1.54) is 21.6 Å². The van der Waals surface area contributed by atoms with Gasteiger partial charge in [0.25, 0.3) is 0 Å². The zero-order chi connectivity index (χ0) is 21.8. The van der Waals surface area contributed by atoms with Crippen molar-refractivity contribution >= 4 is 27.4 Å². The zero-order valence-electron chi connectivity index (χ0n) is 18.6. The van der Waals surface area contributed by atoms with Gasteiger partial charge in [-0.2, -0.15) is 0 Å². The summed E-state index contributed by atoms with van der Waals surface area (Å²) < 4.78 is 5.63. The number of rotatable bonds is 8. The van der Waals surface area contributed by atoms with Crippen LogP contribution in [0.15, 0.2) is 48.8 Å². The third-order valence-electron chi connectivity index (χ3n) is 5.38. The quantitative estimate of drug-likeness (QED) is 0.350. The van der Waals surface area contributed by atoms with Crippen LogP contribution < -0.4 is 9.64 Å². The third kappa shape index (κ3) is 4.54. The molecule has 160 valence electrons. The van der Waals surface area contributed by atoms with Crippen LogP contribution in [0.2, 0.25) is 0 Å². The maximum Gasteiger partial charge on any atom is 0.141 e. The average Bonchev–Trinajstić information content (AvgIpc) is 3.11. The van der Waals surface area contributed by atoms with E-state index in [1.54, 1.807) is 11.3 Å². The summed E-state index contributed by atoms with van der Waals surface area (Å²) in [5, 5.41) is 1.15. The largest absolute Gasteiger partial charge is 0.494 e. The molecule has 0 radical (unpaired) electrons. The van der Waals surface area contributed by atoms with Gasteiger partial charge in [-0.1, -0.05) is 12.1 Å². The highest BCUT2D eigenvalue weighted by Gasteiger charge is 2.21. The number of thiophene rings is 1. The molecule has 0 atom stereocenters. The molecule has 6 heteroatoms. The molecule has 4 rings (SSSR count). The summed E-state index contributed by atoms with van der Waals surface area (Å²) >= 11 is 1.74. The molecule has 0 aliphatic rings. The number of hydrogen-bond donors (Lipinski definition) is 0. The molecule has 0 unspecified atom stereocenters. The lowest BCUT2D eigenvalue weighted by molar-refractivity contribution is 0.340. The molecule has 0 N–H and O–H groups in total. The summed E-state index contributed by atoms with van der Waals surface area (Å²) in [5.41, 5.74) is 3.68. The average molecular weight is 433 g/mol. The van der Waals surface area contributed by atoms with Gasteiger partial charge in [-0.25, -0.2) is 9.97 Å². The fourth-order valence-corrected chi connectivity index (χ4v) is 4.97. The van der Waals surface area contributed by atoms with E-state index in [9.17, 15) is 0 Å². The fourth-order valence-electron chi connectivity index (χ4n) is 3.89. The molecule has 5 nitrogen and oxygen atoms in total. The molecule has 0 spiro atoms. The monoisotopic (exact) mass is 432 g/mol. The van der Waals surface area contributed by atoms with Gasteiger partial charge in [0.15, 0.2) is 0 Å². The van der Waals surface area contributed by atoms with E-state index in [-0.39, 0.29) is 0 Å². The maximum absolute atomic E-state index is 5.63. The Balaban J connectivity index is 1.77. The lowest BCUT2D eigenvalue weighted by Gasteiger charge is -2.23. The van der Waals surface area contributed by atoms with Crippen molar-refractivity contribution in [2.24, 2.45) is 0 Å². The first-order valence-corrected chi connectivity index (χ1v) is 11.6. The second-order valence-electron chi connectivity index (χ2n) is 7.45. The highest BCUT2D eigenvalue weighted by molar-refractivity contribution is 7.19. The van der Waals surface area contributed by atoms with Crippen LogP contribution in [-0.2, 0) is 6.42 Å². The van der Waals surface area contributed by atoms with Gasteiger partial charge in [-0.05, 0) is 69.5 Å². The fraction of sp³-hybridized carbons (Fsp3) is 0.320. The molecular formula is C25H28N4OS. The van der Waals surface area contributed by atoms with Gasteiger partial charge < -0.3 is 9.64 Å². The number of aryl methyl sites for hydroxylation is 2. The van der Waals surface area contributed by atoms with Crippen molar-refractivity contribution in [2.45, 2.75) is 34.1 Å². The Kier molecular flexibility index (Phi) is 6.47. The Labute approximate surface area is 187 Å². The van der Waals surface area contributed by atoms with Gasteiger partial charge in [0, 0.05) is 35.9 Å². The summed E-state index contributed by atoms with van der Waals surface area (Å²) in [4.78, 5) is 18.5. The van der Waals surface area contributed by atoms with Crippen molar-refractivity contribution in [3.05, 3.63) is 65.1 Å². The molecule has 0 amide bonds. The predicted molar refractivity (Wildman–Crippen MR) is 129 cm³/mol. The molecule has 0 fully saturated rings. The smallest absolute Gasteiger partial charge is 0.141 e. The number of aromatic nitrogens is 3. The van der Waals surface area contributed by atoms with Crippen LogP contribution in [0.4, 0.5) is 5.82 Å². The van der Waals surface area contributed by atoms with E-state index < -0.39 is 0 Å². The van der Waals surface area contributed by atoms with Gasteiger partial charge in [-0.3, -0.25) is 4.98 Å². The van der Waals surface area contributed by atoms with Crippen LogP contribution in [0.1, 0.15) is 30.1 Å². The van der Waals surface area contributed by atoms with Crippen molar-refractivity contribution in [3.63, 3.8) is 0 Å². The topological polar surface area (TPSA) is 51.1 Å². The Morgan fingerprint density at radius 2 is 1.71 bits per heavy atom. The van der Waals surface area contributed by atoms with Crippen LogP contribution in [0, 0.1) is 13.8 Å². The summed E-state index contributed by atoms with van der Waals surface area (Å²) in [6.07, 6.45) is 4.65. The van der Waals surface area contributed by atoms with Crippen molar-refractivity contribution in [1.82, 2.24) is 15.0 Å². The number of nitrogens with zero attached hydrogens (tertiary/aromatic N) is 4. The van der Waals surface area contributed by atoms with Crippen molar-refractivity contribution < 1.29 is 4.74 Å². The predicted octanol–water partition coefficient (Wildman–Crippen LogP) is 5.84. The highest BCUT2D eigenvalue weighted by Crippen LogP contribution is 2.42. The van der Waals surface area contributed by atoms with E-state index in [0.717, 1.165) is 47.1 Å². The molecule has 3 heterocycles. The van der Waals surface area contributed by atoms with E-state index in [2.05, 4.69) is 48.0 Å². The van der Waals surface area contributed by atoms with Gasteiger partial charge in [0.1, 0.15) is 22.2 Å². The van der Waals surface area contributed by atoms with E-state index >= 15 is 0 Å². The lowest BCUT2D eigenvalue weighted by atomic mass is 10.0. The summed E-state index contributed by atoms with van der Waals surface area (Å²) in [5.74, 6) is 2.72. The molecule has 0 saturated heterocycles. The molecule has 3 aromatic heterocycles. The Morgan fingerprint density at radius 1 is 0.968 bits per heavy atom. The van der Waals surface area contributed by atoms with E-state index in [1.807, 2.05) is 38.4 Å². The Hall–Kier alpha value is -2.99. The first-order chi connectivity index (χ1) is 15.1. The van der Waals surface area contributed by atoms with Crippen molar-refractivity contribution in [3.8, 4) is 16.9 Å². The third-order valence-corrected chi connectivity index (χ3v) is 6.37. The second-order valence-corrected chi connectivity index (χ2v) is 8.65. The summed E-state index contributed by atoms with van der Waals surface area (Å²) in [6, 6.07) is 12.5. The standard InChI is InChI=1S/C25H28N4OS/c1-5-29(16-13-19-11-14-26-15-12-19)24-23-22(17(3)31-25(23)28-18(4)27-24)20-7-9-21(10-8-20)30-6-2/h7-12,14-15H,5-6,13,16H2,1-4H3. The normalized spacial score (nSPS) is 11.1. The molecule has 0 bridgehead atoms. The second kappa shape index (κ2) is 9.43. The minimum Gasteiger partial charge on any atom is -0.494 e. The summed E-state index contributed by atoms with van der Waals surface area (Å²) in [7, 11) is 0. The van der Waals surface area contributed by atoms with E-state index in [4.69, 9.17) is 14.7 Å². The Bertz CT molecular complexity index is 1160. The van der Waals surface area contributed by atoms with E-state index in [0.29, 0.717) is 6.61 Å². The number of benzene rings is 1. The molecular weight excluding hydrogens is 404 g/mol. The van der Waals surface area contributed by atoms with Gasteiger partial charge in [-0.15, -0.1) is 11.3 Å². The van der Waals surface area contributed by atoms with Gasteiger partial charge in [0.05, 0.1) is 12.0 Å².